The third-order valence-electron chi connectivity index (χ3n) is 7.23. The Morgan fingerprint density at radius 1 is 1.17 bits per heavy atom. The number of anilines is 1. The number of H-pyrrole nitrogens is 1. The summed E-state index contributed by atoms with van der Waals surface area (Å²) in [5.41, 5.74) is 0.974. The first kappa shape index (κ1) is 24.4. The molecular weight excluding hydrogens is 473 g/mol. The number of benzene rings is 1. The fourth-order valence-electron chi connectivity index (χ4n) is 5.20. The minimum atomic E-state index is -4.44. The molecule has 0 atom stereocenters. The van der Waals surface area contributed by atoms with Crippen LogP contribution in [0.15, 0.2) is 36.5 Å². The molecule has 0 spiro atoms. The van der Waals surface area contributed by atoms with Crippen molar-refractivity contribution in [2.45, 2.75) is 49.9 Å². The van der Waals surface area contributed by atoms with E-state index in [2.05, 4.69) is 36.8 Å². The summed E-state index contributed by atoms with van der Waals surface area (Å²) in [4.78, 5) is 19.1. The van der Waals surface area contributed by atoms with Gasteiger partial charge in [-0.05, 0) is 55.4 Å². The van der Waals surface area contributed by atoms with E-state index in [4.69, 9.17) is 4.74 Å². The van der Waals surface area contributed by atoms with Crippen LogP contribution in [0.1, 0.15) is 42.7 Å². The molecule has 1 saturated heterocycles. The number of pyridine rings is 1. The third kappa shape index (κ3) is 5.25. The Morgan fingerprint density at radius 2 is 1.94 bits per heavy atom. The maximum Gasteiger partial charge on any atom is 0.416 e. The highest BCUT2D eigenvalue weighted by atomic mass is 19.4. The van der Waals surface area contributed by atoms with Gasteiger partial charge in [-0.25, -0.2) is 4.98 Å². The first-order chi connectivity index (χ1) is 17.3. The summed E-state index contributed by atoms with van der Waals surface area (Å²) in [6.07, 6.45) is 1.93. The SMILES string of the molecule is COc1ccc(C2CCC(N3CC(NC(=O)CNc4n[nH]c5ccc(C(F)(F)F)cc45)C3)CC2)cn1. The largest absolute Gasteiger partial charge is 0.481 e. The van der Waals surface area contributed by atoms with E-state index in [0.717, 1.165) is 50.9 Å². The van der Waals surface area contributed by atoms with Crippen molar-refractivity contribution in [3.05, 3.63) is 47.7 Å². The molecule has 3 aromatic rings. The number of carbonyl (C=O) groups excluding carboxylic acids is 1. The van der Waals surface area contributed by atoms with Crippen LogP contribution in [0.3, 0.4) is 0 Å². The maximum atomic E-state index is 13.0. The van der Waals surface area contributed by atoms with Crippen molar-refractivity contribution >= 4 is 22.6 Å². The van der Waals surface area contributed by atoms with Crippen LogP contribution in [0.4, 0.5) is 19.0 Å². The fraction of sp³-hybridized carbons (Fsp3) is 0.480. The number of hydrogen-bond donors (Lipinski definition) is 3. The zero-order chi connectivity index (χ0) is 25.3. The monoisotopic (exact) mass is 502 g/mol. The zero-order valence-corrected chi connectivity index (χ0v) is 19.9. The van der Waals surface area contributed by atoms with Gasteiger partial charge in [-0.2, -0.15) is 18.3 Å². The molecule has 11 heteroatoms. The lowest BCUT2D eigenvalue weighted by Gasteiger charge is -2.46. The van der Waals surface area contributed by atoms with E-state index in [-0.39, 0.29) is 24.3 Å². The van der Waals surface area contributed by atoms with E-state index in [9.17, 15) is 18.0 Å². The molecule has 2 fully saturated rings. The van der Waals surface area contributed by atoms with Crippen molar-refractivity contribution in [1.82, 2.24) is 25.4 Å². The number of likely N-dealkylation sites (tertiary alicyclic amines) is 1. The van der Waals surface area contributed by atoms with E-state index < -0.39 is 11.7 Å². The Labute approximate surface area is 206 Å². The van der Waals surface area contributed by atoms with E-state index >= 15 is 0 Å². The third-order valence-corrected chi connectivity index (χ3v) is 7.23. The number of methoxy groups -OCH3 is 1. The van der Waals surface area contributed by atoms with Crippen LogP contribution in [-0.4, -0.2) is 64.8 Å². The number of halogens is 3. The standard InChI is InChI=1S/C25H29F3N6O2/c1-36-23-9-4-16(11-29-23)15-2-6-19(7-3-15)34-13-18(14-34)31-22(35)12-30-24-20-10-17(25(26,27)28)5-8-21(20)32-33-24/h4-5,8-11,15,18-19H,2-3,6-7,12-14H2,1H3,(H,31,35)(H2,30,32,33). The molecule has 192 valence electrons. The number of nitrogens with zero attached hydrogens (tertiary/aromatic N) is 3. The number of alkyl halides is 3. The zero-order valence-electron chi connectivity index (χ0n) is 19.9. The van der Waals surface area contributed by atoms with E-state index in [0.29, 0.717) is 28.7 Å². The number of hydrogen-bond acceptors (Lipinski definition) is 6. The van der Waals surface area contributed by atoms with E-state index in [1.807, 2.05) is 12.3 Å². The Bertz CT molecular complexity index is 1200. The van der Waals surface area contributed by atoms with E-state index in [1.54, 1.807) is 7.11 Å². The van der Waals surface area contributed by atoms with Crippen molar-refractivity contribution in [2.24, 2.45) is 0 Å². The Hall–Kier alpha value is -3.34. The Morgan fingerprint density at radius 3 is 2.61 bits per heavy atom. The second-order valence-corrected chi connectivity index (χ2v) is 9.54. The van der Waals surface area contributed by atoms with Gasteiger partial charge < -0.3 is 15.4 Å². The lowest BCUT2D eigenvalue weighted by Crippen LogP contribution is -2.63. The van der Waals surface area contributed by atoms with Crippen LogP contribution in [0.2, 0.25) is 0 Å². The minimum Gasteiger partial charge on any atom is -0.481 e. The van der Waals surface area contributed by atoms with Gasteiger partial charge >= 0.3 is 6.18 Å². The summed E-state index contributed by atoms with van der Waals surface area (Å²) >= 11 is 0. The Balaban J connectivity index is 1.05. The molecule has 3 heterocycles. The molecule has 2 aliphatic rings. The summed E-state index contributed by atoms with van der Waals surface area (Å²) in [5.74, 6) is 1.17. The van der Waals surface area contributed by atoms with Gasteiger partial charge in [-0.15, -0.1) is 0 Å². The topological polar surface area (TPSA) is 95.2 Å². The molecule has 0 bridgehead atoms. The number of aromatic amines is 1. The smallest absolute Gasteiger partial charge is 0.416 e. The van der Waals surface area contributed by atoms with Crippen LogP contribution in [0.25, 0.3) is 10.9 Å². The number of fused-ring (bicyclic) bond motifs is 1. The molecule has 8 nitrogen and oxygen atoms in total. The Kier molecular flexibility index (Phi) is 6.74. The van der Waals surface area contributed by atoms with Crippen molar-refractivity contribution in [3.8, 4) is 5.88 Å². The number of aromatic nitrogens is 3. The molecule has 1 saturated carbocycles. The van der Waals surface area contributed by atoms with Crippen LogP contribution in [-0.2, 0) is 11.0 Å². The first-order valence-corrected chi connectivity index (χ1v) is 12.1. The summed E-state index contributed by atoms with van der Waals surface area (Å²) in [6, 6.07) is 7.98. The molecule has 3 N–H and O–H groups in total. The number of ether oxygens (including phenoxy) is 1. The molecule has 1 aliphatic heterocycles. The quantitative estimate of drug-likeness (QED) is 0.453. The lowest BCUT2D eigenvalue weighted by molar-refractivity contribution is -0.137. The highest BCUT2D eigenvalue weighted by Crippen LogP contribution is 2.36. The molecular formula is C25H29F3N6O2. The van der Waals surface area contributed by atoms with Gasteiger partial charge in [0.15, 0.2) is 5.82 Å². The van der Waals surface area contributed by atoms with Gasteiger partial charge in [0.05, 0.1) is 30.8 Å². The van der Waals surface area contributed by atoms with Crippen LogP contribution in [0.5, 0.6) is 5.88 Å². The molecule has 1 amide bonds. The van der Waals surface area contributed by atoms with Gasteiger partial charge in [0, 0.05) is 36.8 Å². The number of amides is 1. The number of rotatable bonds is 7. The maximum absolute atomic E-state index is 13.0. The molecule has 1 aromatic carbocycles. The van der Waals surface area contributed by atoms with Crippen LogP contribution >= 0.6 is 0 Å². The molecule has 2 aromatic heterocycles. The van der Waals surface area contributed by atoms with Crippen molar-refractivity contribution in [1.29, 1.82) is 0 Å². The second-order valence-electron chi connectivity index (χ2n) is 9.54. The summed E-state index contributed by atoms with van der Waals surface area (Å²) < 4.78 is 44.2. The van der Waals surface area contributed by atoms with Gasteiger partial charge in [0.1, 0.15) is 0 Å². The van der Waals surface area contributed by atoms with Gasteiger partial charge in [-0.3, -0.25) is 14.8 Å². The summed E-state index contributed by atoms with van der Waals surface area (Å²) in [5, 5.41) is 12.8. The number of nitrogens with one attached hydrogen (secondary N) is 3. The summed E-state index contributed by atoms with van der Waals surface area (Å²) in [7, 11) is 1.61. The predicted molar refractivity (Wildman–Crippen MR) is 129 cm³/mol. The number of carbonyl (C=O) groups is 1. The van der Waals surface area contributed by atoms with Gasteiger partial charge in [0.25, 0.3) is 0 Å². The average molecular weight is 503 g/mol. The highest BCUT2D eigenvalue weighted by Gasteiger charge is 2.35. The molecule has 36 heavy (non-hydrogen) atoms. The van der Waals surface area contributed by atoms with Crippen molar-refractivity contribution in [2.75, 3.05) is 32.1 Å². The van der Waals surface area contributed by atoms with Gasteiger partial charge in [-0.1, -0.05) is 6.07 Å². The van der Waals surface area contributed by atoms with Crippen molar-refractivity contribution < 1.29 is 22.7 Å². The predicted octanol–water partition coefficient (Wildman–Crippen LogP) is 3.92. The summed E-state index contributed by atoms with van der Waals surface area (Å²) in [6.45, 7) is 1.56. The average Bonchev–Trinajstić information content (AvgIpc) is 3.27. The van der Waals surface area contributed by atoms with Gasteiger partial charge in [0.2, 0.25) is 11.8 Å². The molecule has 0 radical (unpaired) electrons. The second kappa shape index (κ2) is 9.96. The van der Waals surface area contributed by atoms with Crippen LogP contribution in [0, 0.1) is 0 Å². The lowest BCUT2D eigenvalue weighted by atomic mass is 9.81. The first-order valence-electron chi connectivity index (χ1n) is 12.1. The highest BCUT2D eigenvalue weighted by molar-refractivity contribution is 5.92. The van der Waals surface area contributed by atoms with E-state index in [1.165, 1.54) is 11.6 Å². The van der Waals surface area contributed by atoms with Crippen molar-refractivity contribution in [3.63, 3.8) is 0 Å². The normalized spacial score (nSPS) is 21.2. The minimum absolute atomic E-state index is 0.0618. The molecule has 5 rings (SSSR count). The molecule has 0 unspecified atom stereocenters. The van der Waals surface area contributed by atoms with Crippen LogP contribution < -0.4 is 15.4 Å². The molecule has 1 aliphatic carbocycles. The fourth-order valence-corrected chi connectivity index (χ4v) is 5.20.